The maximum absolute atomic E-state index is 11.9. The Hall–Kier alpha value is -2.87. The third kappa shape index (κ3) is 3.16. The van der Waals surface area contributed by atoms with E-state index in [0.29, 0.717) is 21.6 Å². The van der Waals surface area contributed by atoms with Gasteiger partial charge in [0.25, 0.3) is 5.91 Å². The van der Waals surface area contributed by atoms with Crippen molar-refractivity contribution < 1.29 is 18.7 Å². The third-order valence-electron chi connectivity index (χ3n) is 3.02. The summed E-state index contributed by atoms with van der Waals surface area (Å²) in [5.41, 5.74) is 0.818. The van der Waals surface area contributed by atoms with Crippen LogP contribution >= 0.6 is 11.3 Å². The number of methoxy groups -OCH3 is 2. The number of hydrogen-bond acceptors (Lipinski definition) is 7. The summed E-state index contributed by atoms with van der Waals surface area (Å²) >= 11 is 1.25. The van der Waals surface area contributed by atoms with Crippen LogP contribution in [0.1, 0.15) is 10.6 Å². The first-order valence-electron chi connectivity index (χ1n) is 6.62. The number of carbonyl (C=O) groups excluding carboxylic acids is 1. The molecule has 0 aliphatic heterocycles. The van der Waals surface area contributed by atoms with Crippen LogP contribution in [0.4, 0.5) is 5.13 Å². The first-order chi connectivity index (χ1) is 11.2. The maximum atomic E-state index is 11.9. The van der Waals surface area contributed by atoms with E-state index in [4.69, 9.17) is 13.9 Å². The number of anilines is 1. The second kappa shape index (κ2) is 6.49. The van der Waals surface area contributed by atoms with Crippen molar-refractivity contribution in [3.63, 3.8) is 0 Å². The van der Waals surface area contributed by atoms with E-state index in [1.807, 2.05) is 6.07 Å². The summed E-state index contributed by atoms with van der Waals surface area (Å²) < 4.78 is 15.5. The molecule has 23 heavy (non-hydrogen) atoms. The fraction of sp³-hybridized carbons (Fsp3) is 0.133. The minimum absolute atomic E-state index is 0.216. The van der Waals surface area contributed by atoms with Crippen LogP contribution in [0, 0.1) is 0 Å². The molecule has 1 N–H and O–H groups in total. The molecular formula is C15H13N3O4S. The lowest BCUT2D eigenvalue weighted by molar-refractivity contribution is 0.0996. The van der Waals surface area contributed by atoms with E-state index in [9.17, 15) is 4.79 Å². The van der Waals surface area contributed by atoms with Crippen molar-refractivity contribution in [3.8, 4) is 22.1 Å². The molecule has 3 aromatic rings. The molecule has 0 aliphatic carbocycles. The normalized spacial score (nSPS) is 10.3. The third-order valence-corrected chi connectivity index (χ3v) is 3.91. The molecule has 0 unspecified atom stereocenters. The van der Waals surface area contributed by atoms with Crippen molar-refractivity contribution in [2.24, 2.45) is 0 Å². The minimum Gasteiger partial charge on any atom is -0.493 e. The van der Waals surface area contributed by atoms with Gasteiger partial charge in [-0.05, 0) is 30.3 Å². The molecular weight excluding hydrogens is 318 g/mol. The molecule has 1 amide bonds. The van der Waals surface area contributed by atoms with Crippen LogP contribution in [0.2, 0.25) is 0 Å². The zero-order valence-corrected chi connectivity index (χ0v) is 13.2. The fourth-order valence-corrected chi connectivity index (χ4v) is 2.66. The van der Waals surface area contributed by atoms with E-state index in [1.54, 1.807) is 38.5 Å². The zero-order valence-electron chi connectivity index (χ0n) is 12.4. The van der Waals surface area contributed by atoms with Gasteiger partial charge in [0, 0.05) is 5.56 Å². The predicted octanol–water partition coefficient (Wildman–Crippen LogP) is 3.07. The van der Waals surface area contributed by atoms with Crippen LogP contribution in [-0.2, 0) is 0 Å². The first kappa shape index (κ1) is 15.0. The van der Waals surface area contributed by atoms with Gasteiger partial charge in [-0.2, -0.15) is 0 Å². The first-order valence-corrected chi connectivity index (χ1v) is 7.43. The Labute approximate surface area is 135 Å². The topological polar surface area (TPSA) is 86.5 Å². The van der Waals surface area contributed by atoms with Crippen LogP contribution in [0.25, 0.3) is 10.6 Å². The van der Waals surface area contributed by atoms with Gasteiger partial charge in [-0.3, -0.25) is 10.1 Å². The molecule has 0 fully saturated rings. The monoisotopic (exact) mass is 331 g/mol. The lowest BCUT2D eigenvalue weighted by Crippen LogP contribution is -2.10. The molecule has 0 bridgehead atoms. The highest BCUT2D eigenvalue weighted by molar-refractivity contribution is 7.18. The van der Waals surface area contributed by atoms with Crippen molar-refractivity contribution >= 4 is 22.4 Å². The van der Waals surface area contributed by atoms with Gasteiger partial charge in [-0.15, -0.1) is 10.2 Å². The lowest BCUT2D eigenvalue weighted by atomic mass is 10.2. The van der Waals surface area contributed by atoms with Crippen LogP contribution in [0.15, 0.2) is 41.0 Å². The summed E-state index contributed by atoms with van der Waals surface area (Å²) in [5, 5.41) is 11.7. The van der Waals surface area contributed by atoms with Crippen molar-refractivity contribution in [2.75, 3.05) is 19.5 Å². The molecule has 7 nitrogen and oxygen atoms in total. The van der Waals surface area contributed by atoms with Crippen molar-refractivity contribution in [1.82, 2.24) is 10.2 Å². The van der Waals surface area contributed by atoms with E-state index in [0.717, 1.165) is 5.56 Å². The summed E-state index contributed by atoms with van der Waals surface area (Å²) in [6, 6.07) is 8.66. The summed E-state index contributed by atoms with van der Waals surface area (Å²) in [5.74, 6) is 1.08. The molecule has 0 aliphatic rings. The highest BCUT2D eigenvalue weighted by Gasteiger charge is 2.14. The van der Waals surface area contributed by atoms with Crippen LogP contribution < -0.4 is 14.8 Å². The van der Waals surface area contributed by atoms with Gasteiger partial charge in [0.15, 0.2) is 17.3 Å². The molecule has 2 aromatic heterocycles. The lowest BCUT2D eigenvalue weighted by Gasteiger charge is -2.07. The van der Waals surface area contributed by atoms with E-state index in [-0.39, 0.29) is 11.7 Å². The highest BCUT2D eigenvalue weighted by Crippen LogP contribution is 2.34. The van der Waals surface area contributed by atoms with Crippen molar-refractivity contribution in [3.05, 3.63) is 42.4 Å². The average molecular weight is 331 g/mol. The average Bonchev–Trinajstić information content (AvgIpc) is 3.25. The number of furan rings is 1. The SMILES string of the molecule is COc1ccc(-c2nnc(NC(=O)c3ccco3)s2)cc1OC. The van der Waals surface area contributed by atoms with Crippen molar-refractivity contribution in [1.29, 1.82) is 0 Å². The molecule has 0 atom stereocenters. The Morgan fingerprint density at radius 3 is 2.70 bits per heavy atom. The Morgan fingerprint density at radius 2 is 2.00 bits per heavy atom. The summed E-state index contributed by atoms with van der Waals surface area (Å²) in [6.45, 7) is 0. The minimum atomic E-state index is -0.370. The second-order valence-electron chi connectivity index (χ2n) is 4.41. The predicted molar refractivity (Wildman–Crippen MR) is 85.1 cm³/mol. The highest BCUT2D eigenvalue weighted by atomic mass is 32.1. The fourth-order valence-electron chi connectivity index (χ4n) is 1.93. The van der Waals surface area contributed by atoms with Gasteiger partial charge in [0.1, 0.15) is 5.01 Å². The van der Waals surface area contributed by atoms with Gasteiger partial charge < -0.3 is 13.9 Å². The molecule has 8 heteroatoms. The van der Waals surface area contributed by atoms with Crippen LogP contribution in [-0.4, -0.2) is 30.3 Å². The molecule has 118 valence electrons. The summed E-state index contributed by atoms with van der Waals surface area (Å²) in [6.07, 6.45) is 1.43. The maximum Gasteiger partial charge on any atom is 0.293 e. The quantitative estimate of drug-likeness (QED) is 0.773. The van der Waals surface area contributed by atoms with Gasteiger partial charge in [-0.1, -0.05) is 11.3 Å². The number of nitrogens with zero attached hydrogens (tertiary/aromatic N) is 2. The smallest absolute Gasteiger partial charge is 0.293 e. The molecule has 0 saturated heterocycles. The van der Waals surface area contributed by atoms with Crippen LogP contribution in [0.5, 0.6) is 11.5 Å². The molecule has 0 spiro atoms. The largest absolute Gasteiger partial charge is 0.493 e. The number of ether oxygens (including phenoxy) is 2. The Balaban J connectivity index is 1.80. The van der Waals surface area contributed by atoms with E-state index < -0.39 is 0 Å². The van der Waals surface area contributed by atoms with Crippen LogP contribution in [0.3, 0.4) is 0 Å². The van der Waals surface area contributed by atoms with Gasteiger partial charge >= 0.3 is 0 Å². The summed E-state index contributed by atoms with van der Waals surface area (Å²) in [4.78, 5) is 11.9. The zero-order chi connectivity index (χ0) is 16.2. The molecule has 2 heterocycles. The van der Waals surface area contributed by atoms with E-state index in [1.165, 1.54) is 17.6 Å². The Kier molecular flexibility index (Phi) is 4.24. The standard InChI is InChI=1S/C15H13N3O4S/c1-20-10-6-5-9(8-12(10)21-2)14-17-18-15(23-14)16-13(19)11-4-3-7-22-11/h3-8H,1-2H3,(H,16,18,19). The second-order valence-corrected chi connectivity index (χ2v) is 5.39. The molecule has 0 saturated carbocycles. The number of nitrogens with one attached hydrogen (secondary N) is 1. The number of carbonyl (C=O) groups is 1. The molecule has 1 aromatic carbocycles. The number of hydrogen-bond donors (Lipinski definition) is 1. The van der Waals surface area contributed by atoms with Gasteiger partial charge in [0.05, 0.1) is 20.5 Å². The Morgan fingerprint density at radius 1 is 1.17 bits per heavy atom. The van der Waals surface area contributed by atoms with E-state index >= 15 is 0 Å². The summed E-state index contributed by atoms with van der Waals surface area (Å²) in [7, 11) is 3.14. The van der Waals surface area contributed by atoms with Crippen molar-refractivity contribution in [2.45, 2.75) is 0 Å². The molecule has 3 rings (SSSR count). The van der Waals surface area contributed by atoms with Gasteiger partial charge in [-0.25, -0.2) is 0 Å². The molecule has 0 radical (unpaired) electrons. The number of rotatable bonds is 5. The number of aromatic nitrogens is 2. The van der Waals surface area contributed by atoms with Gasteiger partial charge in [0.2, 0.25) is 5.13 Å². The van der Waals surface area contributed by atoms with E-state index in [2.05, 4.69) is 15.5 Å². The number of benzene rings is 1. The Bertz CT molecular complexity index is 814. The number of amides is 1.